The number of methoxy groups -OCH3 is 1. The van der Waals surface area contributed by atoms with E-state index >= 15 is 0 Å². The molecule has 1 aromatic carbocycles. The highest BCUT2D eigenvalue weighted by molar-refractivity contribution is 6.34. The number of Topliss-reactive ketones (excluding diaryl/α,β-unsaturated/α-hetero) is 1. The summed E-state index contributed by atoms with van der Waals surface area (Å²) in [7, 11) is 1.08. The molecule has 0 radical (unpaired) electrons. The van der Waals surface area contributed by atoms with Crippen molar-refractivity contribution < 1.29 is 18.7 Å². The SMILES string of the molecule is [C-]#[N+]c1ccc(CC(=O)C(=O)OC)c(F)c1. The minimum atomic E-state index is -1.01. The molecule has 1 rings (SSSR count). The number of esters is 1. The molecule has 0 saturated heterocycles. The van der Waals surface area contributed by atoms with Gasteiger partial charge in [-0.25, -0.2) is 14.0 Å². The lowest BCUT2D eigenvalue weighted by atomic mass is 10.1. The molecule has 0 aliphatic heterocycles. The molecule has 82 valence electrons. The van der Waals surface area contributed by atoms with Crippen LogP contribution in [0.3, 0.4) is 0 Å². The minimum absolute atomic E-state index is 0.0720. The molecule has 0 aromatic heterocycles. The van der Waals surface area contributed by atoms with Gasteiger partial charge in [-0.2, -0.15) is 0 Å². The topological polar surface area (TPSA) is 47.7 Å². The van der Waals surface area contributed by atoms with E-state index in [0.29, 0.717) is 0 Å². The molecule has 1 aromatic rings. The van der Waals surface area contributed by atoms with Gasteiger partial charge in [-0.15, -0.1) is 0 Å². The Bertz CT molecular complexity index is 477. The molecule has 0 spiro atoms. The molecule has 0 amide bonds. The summed E-state index contributed by atoms with van der Waals surface area (Å²) in [5.74, 6) is -2.50. The van der Waals surface area contributed by atoms with E-state index in [-0.39, 0.29) is 17.7 Å². The second-order valence-electron chi connectivity index (χ2n) is 2.98. The van der Waals surface area contributed by atoms with Crippen LogP contribution in [0.5, 0.6) is 0 Å². The molecule has 0 N–H and O–H groups in total. The van der Waals surface area contributed by atoms with Crippen LogP contribution in [0, 0.1) is 12.4 Å². The first-order valence-electron chi connectivity index (χ1n) is 4.35. The van der Waals surface area contributed by atoms with Crippen molar-refractivity contribution in [3.63, 3.8) is 0 Å². The van der Waals surface area contributed by atoms with Gasteiger partial charge in [0.05, 0.1) is 13.7 Å². The van der Waals surface area contributed by atoms with E-state index in [1.165, 1.54) is 12.1 Å². The molecular weight excluding hydrogens is 213 g/mol. The number of ketones is 1. The quantitative estimate of drug-likeness (QED) is 0.443. The number of benzene rings is 1. The van der Waals surface area contributed by atoms with Crippen molar-refractivity contribution >= 4 is 17.4 Å². The van der Waals surface area contributed by atoms with E-state index in [2.05, 4.69) is 9.58 Å². The second kappa shape index (κ2) is 5.03. The summed E-state index contributed by atoms with van der Waals surface area (Å²) in [5, 5.41) is 0. The predicted octanol–water partition coefficient (Wildman–Crippen LogP) is 1.66. The second-order valence-corrected chi connectivity index (χ2v) is 2.98. The maximum absolute atomic E-state index is 13.3. The van der Waals surface area contributed by atoms with E-state index in [1.807, 2.05) is 0 Å². The molecule has 5 heteroatoms. The average Bonchev–Trinajstić information content (AvgIpc) is 2.30. The normalized spacial score (nSPS) is 9.31. The third-order valence-electron chi connectivity index (χ3n) is 1.93. The summed E-state index contributed by atoms with van der Waals surface area (Å²) < 4.78 is 17.5. The van der Waals surface area contributed by atoms with Crippen molar-refractivity contribution in [2.75, 3.05) is 7.11 Å². The van der Waals surface area contributed by atoms with Crippen LogP contribution in [0.1, 0.15) is 5.56 Å². The van der Waals surface area contributed by atoms with E-state index in [0.717, 1.165) is 13.2 Å². The lowest BCUT2D eigenvalue weighted by Gasteiger charge is -2.01. The van der Waals surface area contributed by atoms with Gasteiger partial charge in [-0.3, -0.25) is 4.79 Å². The predicted molar refractivity (Wildman–Crippen MR) is 53.4 cm³/mol. The number of hydrogen-bond acceptors (Lipinski definition) is 3. The molecule has 0 unspecified atom stereocenters. The number of carbonyl (C=O) groups excluding carboxylic acids is 2. The van der Waals surface area contributed by atoms with Crippen LogP contribution in [0.15, 0.2) is 18.2 Å². The Morgan fingerprint density at radius 1 is 1.50 bits per heavy atom. The molecule has 0 heterocycles. The standard InChI is InChI=1S/C11H8FNO3/c1-13-8-4-3-7(9(12)6-8)5-10(14)11(15)16-2/h3-4,6H,5H2,2H3. The van der Waals surface area contributed by atoms with Gasteiger partial charge >= 0.3 is 5.97 Å². The first-order valence-corrected chi connectivity index (χ1v) is 4.35. The molecule has 0 aliphatic carbocycles. The number of ether oxygens (including phenoxy) is 1. The van der Waals surface area contributed by atoms with Crippen LogP contribution < -0.4 is 0 Å². The van der Waals surface area contributed by atoms with E-state index in [9.17, 15) is 14.0 Å². The van der Waals surface area contributed by atoms with E-state index < -0.39 is 17.6 Å². The van der Waals surface area contributed by atoms with Gasteiger partial charge in [-0.05, 0) is 11.6 Å². The first kappa shape index (κ1) is 11.9. The van der Waals surface area contributed by atoms with Crippen molar-refractivity contribution in [1.29, 1.82) is 0 Å². The van der Waals surface area contributed by atoms with Gasteiger partial charge in [0.15, 0.2) is 5.69 Å². The highest BCUT2D eigenvalue weighted by Crippen LogP contribution is 2.17. The zero-order valence-electron chi connectivity index (χ0n) is 8.49. The molecule has 0 fully saturated rings. The van der Waals surface area contributed by atoms with Crippen molar-refractivity contribution in [3.8, 4) is 0 Å². The van der Waals surface area contributed by atoms with Gasteiger partial charge in [0, 0.05) is 6.42 Å². The Labute approximate surface area is 91.5 Å². The number of hydrogen-bond donors (Lipinski definition) is 0. The van der Waals surface area contributed by atoms with Gasteiger partial charge in [0.25, 0.3) is 0 Å². The molecule has 0 atom stereocenters. The van der Waals surface area contributed by atoms with E-state index in [1.54, 1.807) is 0 Å². The summed E-state index contributed by atoms with van der Waals surface area (Å²) in [6.07, 6.45) is -0.364. The average molecular weight is 221 g/mol. The van der Waals surface area contributed by atoms with Crippen molar-refractivity contribution in [1.82, 2.24) is 0 Å². The molecular formula is C11H8FNO3. The minimum Gasteiger partial charge on any atom is -0.463 e. The van der Waals surface area contributed by atoms with E-state index in [4.69, 9.17) is 6.57 Å². The summed E-state index contributed by atoms with van der Waals surface area (Å²) in [6, 6.07) is 3.71. The summed E-state index contributed by atoms with van der Waals surface area (Å²) in [4.78, 5) is 25.0. The fraction of sp³-hybridized carbons (Fsp3) is 0.182. The summed E-state index contributed by atoms with van der Waals surface area (Å²) >= 11 is 0. The highest BCUT2D eigenvalue weighted by atomic mass is 19.1. The van der Waals surface area contributed by atoms with Crippen LogP contribution in [0.25, 0.3) is 4.85 Å². The van der Waals surface area contributed by atoms with Crippen LogP contribution in [-0.4, -0.2) is 18.9 Å². The monoisotopic (exact) mass is 221 g/mol. The lowest BCUT2D eigenvalue weighted by Crippen LogP contribution is -2.18. The number of nitrogens with zero attached hydrogens (tertiary/aromatic N) is 1. The summed E-state index contributed by atoms with van der Waals surface area (Å²) in [5.41, 5.74) is 0.217. The van der Waals surface area contributed by atoms with Crippen LogP contribution in [0.2, 0.25) is 0 Å². The Morgan fingerprint density at radius 3 is 2.69 bits per heavy atom. The summed E-state index contributed by atoms with van der Waals surface area (Å²) in [6.45, 7) is 6.67. The van der Waals surface area contributed by atoms with Crippen LogP contribution >= 0.6 is 0 Å². The zero-order chi connectivity index (χ0) is 12.1. The van der Waals surface area contributed by atoms with Crippen LogP contribution in [-0.2, 0) is 20.7 Å². The molecule has 0 bridgehead atoms. The molecule has 4 nitrogen and oxygen atoms in total. The number of rotatable bonds is 3. The van der Waals surface area contributed by atoms with Crippen molar-refractivity contribution in [2.24, 2.45) is 0 Å². The van der Waals surface area contributed by atoms with Gasteiger partial charge in [0.1, 0.15) is 5.82 Å². The molecule has 16 heavy (non-hydrogen) atoms. The van der Waals surface area contributed by atoms with Crippen molar-refractivity contribution in [2.45, 2.75) is 6.42 Å². The Hall–Kier alpha value is -2.22. The third kappa shape index (κ3) is 2.64. The Balaban J connectivity index is 2.87. The van der Waals surface area contributed by atoms with Crippen LogP contribution in [0.4, 0.5) is 10.1 Å². The maximum atomic E-state index is 13.3. The molecule has 0 saturated carbocycles. The lowest BCUT2D eigenvalue weighted by molar-refractivity contribution is -0.151. The van der Waals surface area contributed by atoms with Gasteiger partial charge < -0.3 is 4.74 Å². The van der Waals surface area contributed by atoms with Gasteiger partial charge in [0.2, 0.25) is 5.78 Å². The van der Waals surface area contributed by atoms with Gasteiger partial charge in [-0.1, -0.05) is 12.1 Å². The fourth-order valence-electron chi connectivity index (χ4n) is 1.11. The van der Waals surface area contributed by atoms with Crippen molar-refractivity contribution in [3.05, 3.63) is 41.0 Å². The maximum Gasteiger partial charge on any atom is 0.374 e. The zero-order valence-corrected chi connectivity index (χ0v) is 8.49. The largest absolute Gasteiger partial charge is 0.463 e. The number of carbonyl (C=O) groups is 2. The molecule has 0 aliphatic rings. The third-order valence-corrected chi connectivity index (χ3v) is 1.93. The number of halogens is 1. The Morgan fingerprint density at radius 2 is 2.19 bits per heavy atom. The Kier molecular flexibility index (Phi) is 3.72. The highest BCUT2D eigenvalue weighted by Gasteiger charge is 2.16. The smallest absolute Gasteiger partial charge is 0.374 e. The fourth-order valence-corrected chi connectivity index (χ4v) is 1.11. The first-order chi connectivity index (χ1) is 7.58.